The summed E-state index contributed by atoms with van der Waals surface area (Å²) in [6.07, 6.45) is 6.70. The molecule has 0 radical (unpaired) electrons. The fraction of sp³-hybridized carbons (Fsp3) is 0.0571. The number of amidine groups is 1. The van der Waals surface area contributed by atoms with E-state index >= 15 is 0 Å². The van der Waals surface area contributed by atoms with Crippen LogP contribution in [0.1, 0.15) is 10.0 Å². The number of aromatic nitrogens is 1. The van der Waals surface area contributed by atoms with Crippen LogP contribution in [-0.4, -0.2) is 63.6 Å². The molecule has 5 aromatic rings. The molecule has 0 atom stereocenters. The van der Waals surface area contributed by atoms with Crippen molar-refractivity contribution in [2.75, 3.05) is 19.0 Å². The zero-order valence-corrected chi connectivity index (χ0v) is 26.3. The molecule has 0 unspecified atom stereocenters. The molecule has 4 nitrogen and oxygen atoms in total. The monoisotopic (exact) mass is 665 g/mol. The zero-order valence-electron chi connectivity index (χ0n) is 22.9. The molecular weight excluding hydrogens is 634 g/mol. The van der Waals surface area contributed by atoms with Gasteiger partial charge in [-0.15, -0.1) is 0 Å². The number of nitrogens with zero attached hydrogens (tertiary/aromatic N) is 4. The number of anilines is 2. The van der Waals surface area contributed by atoms with Crippen molar-refractivity contribution in [2.45, 2.75) is 0 Å². The van der Waals surface area contributed by atoms with E-state index in [1.54, 1.807) is 0 Å². The Morgan fingerprint density at radius 3 is 1.98 bits per heavy atom. The van der Waals surface area contributed by atoms with E-state index in [1.165, 1.54) is 8.91 Å². The molecule has 0 saturated heterocycles. The van der Waals surface area contributed by atoms with Gasteiger partial charge in [0, 0.05) is 0 Å². The Hall–Kier alpha value is -4.05. The Labute approximate surface area is 253 Å². The van der Waals surface area contributed by atoms with Crippen molar-refractivity contribution in [3.05, 3.63) is 148 Å². The van der Waals surface area contributed by atoms with Crippen LogP contribution >= 0.6 is 0 Å². The quantitative estimate of drug-likeness (QED) is 0.139. The first-order chi connectivity index (χ1) is 20.2. The minimum atomic E-state index is 0.0761. The van der Waals surface area contributed by atoms with Gasteiger partial charge in [0.15, 0.2) is 0 Å². The molecule has 6 rings (SSSR count). The number of benzene rings is 4. The van der Waals surface area contributed by atoms with Crippen LogP contribution in [0.2, 0.25) is 0 Å². The van der Waals surface area contributed by atoms with E-state index in [0.717, 1.165) is 43.3 Å². The summed E-state index contributed by atoms with van der Waals surface area (Å²) in [5, 5.41) is 0. The van der Waals surface area contributed by atoms with Gasteiger partial charge >= 0.3 is 255 Å². The van der Waals surface area contributed by atoms with Crippen molar-refractivity contribution in [2.24, 2.45) is 4.99 Å². The predicted molar refractivity (Wildman–Crippen MR) is 174 cm³/mol. The fourth-order valence-corrected chi connectivity index (χ4v) is 8.63. The van der Waals surface area contributed by atoms with Gasteiger partial charge in [-0.1, -0.05) is 0 Å². The number of hydrogen-bond acceptors (Lipinski definition) is 2. The average Bonchev–Trinajstić information content (AvgIpc) is 3.67. The van der Waals surface area contributed by atoms with Gasteiger partial charge in [0.2, 0.25) is 0 Å². The molecule has 1 aromatic heterocycles. The molecule has 6 heteroatoms. The van der Waals surface area contributed by atoms with Crippen LogP contribution in [0.5, 0.6) is 0 Å². The van der Waals surface area contributed by atoms with Crippen molar-refractivity contribution in [1.29, 1.82) is 0 Å². The third-order valence-corrected chi connectivity index (χ3v) is 11.3. The van der Waals surface area contributed by atoms with Crippen molar-refractivity contribution < 1.29 is 4.58 Å². The molecule has 1 aliphatic heterocycles. The summed E-state index contributed by atoms with van der Waals surface area (Å²) in [6, 6.07) is 41.9. The Bertz CT molecular complexity index is 1750. The topological polar surface area (TPSA) is 31.5 Å². The molecule has 1 aliphatic rings. The van der Waals surface area contributed by atoms with Gasteiger partial charge in [0.25, 0.3) is 0 Å². The fourth-order valence-electron chi connectivity index (χ4n) is 4.51. The van der Waals surface area contributed by atoms with Crippen molar-refractivity contribution in [3.8, 4) is 11.3 Å². The van der Waals surface area contributed by atoms with E-state index in [-0.39, 0.29) is 29.5 Å². The molecule has 0 amide bonds. The molecule has 41 heavy (non-hydrogen) atoms. The van der Waals surface area contributed by atoms with Crippen LogP contribution in [0.15, 0.2) is 143 Å². The molecule has 4 aromatic carbocycles. The second-order valence-corrected chi connectivity index (χ2v) is 13.7. The van der Waals surface area contributed by atoms with Crippen LogP contribution in [0.25, 0.3) is 17.3 Å². The van der Waals surface area contributed by atoms with Gasteiger partial charge in [-0.25, -0.2) is 0 Å². The van der Waals surface area contributed by atoms with Gasteiger partial charge in [-0.05, 0) is 0 Å². The molecule has 0 fully saturated rings. The van der Waals surface area contributed by atoms with E-state index < -0.39 is 0 Å². The van der Waals surface area contributed by atoms with Crippen LogP contribution in [0, 0.1) is 0 Å². The van der Waals surface area contributed by atoms with Crippen molar-refractivity contribution in [3.63, 3.8) is 0 Å². The maximum atomic E-state index is 5.15. The summed E-state index contributed by atoms with van der Waals surface area (Å²) in [6.45, 7) is 0. The standard InChI is InChI=1S/C35H29N4Se2/c1-38(28-20-11-5-12-21-28)34-36-32(26-16-7-3-8-17-26)30(40-34)24-15-25-31-33(27-18-9-4-10-19-27)37-35(41-31)39(2)29-22-13-6-14-23-29/h3-25H,1-2H3/q+1. The van der Waals surface area contributed by atoms with Crippen molar-refractivity contribution >= 4 is 62.0 Å². The van der Waals surface area contributed by atoms with Gasteiger partial charge in [-0.2, -0.15) is 0 Å². The number of aliphatic imine (C=N–C) groups is 1. The third kappa shape index (κ3) is 6.17. The summed E-state index contributed by atoms with van der Waals surface area (Å²) in [4.78, 5) is 12.5. The second-order valence-electron chi connectivity index (χ2n) is 9.47. The Morgan fingerprint density at radius 1 is 0.732 bits per heavy atom. The van der Waals surface area contributed by atoms with E-state index in [9.17, 15) is 0 Å². The maximum absolute atomic E-state index is 5.15. The Balaban J connectivity index is 1.37. The van der Waals surface area contributed by atoms with Crippen LogP contribution in [0.4, 0.5) is 16.1 Å². The summed E-state index contributed by atoms with van der Waals surface area (Å²) >= 11 is 0.152. The van der Waals surface area contributed by atoms with E-state index in [4.69, 9.17) is 9.98 Å². The number of rotatable bonds is 7. The third-order valence-electron chi connectivity index (χ3n) is 6.73. The predicted octanol–water partition coefficient (Wildman–Crippen LogP) is 7.01. The van der Waals surface area contributed by atoms with Gasteiger partial charge < -0.3 is 0 Å². The number of para-hydroxylation sites is 2. The van der Waals surface area contributed by atoms with Gasteiger partial charge in [-0.3, -0.25) is 0 Å². The first-order valence-electron chi connectivity index (χ1n) is 13.4. The molecule has 2 heterocycles. The summed E-state index contributed by atoms with van der Waals surface area (Å²) in [5.41, 5.74) is 6.71. The molecule has 0 spiro atoms. The van der Waals surface area contributed by atoms with Crippen LogP contribution in [-0.2, 0) is 0 Å². The van der Waals surface area contributed by atoms with Crippen LogP contribution < -0.4 is 4.90 Å². The number of allylic oxidation sites excluding steroid dienone is 3. The number of hydrogen-bond donors (Lipinski definition) is 0. The minimum absolute atomic E-state index is 0.0761. The molecule has 200 valence electrons. The summed E-state index contributed by atoms with van der Waals surface area (Å²) in [5.74, 6) is 0. The first kappa shape index (κ1) is 27.1. The Kier molecular flexibility index (Phi) is 8.36. The average molecular weight is 664 g/mol. The first-order valence-corrected chi connectivity index (χ1v) is 16.8. The van der Waals surface area contributed by atoms with Crippen LogP contribution in [0.3, 0.4) is 0 Å². The SMILES string of the molecule is CN(c1ccccc1)c1nc(-c2ccccc2)c(/C=C/C=C2/[Se]C(=[N+](C)c3ccccc3)N=C2c2ccccc2)[se]1. The Morgan fingerprint density at radius 2 is 1.32 bits per heavy atom. The molecule has 0 aliphatic carbocycles. The molecule has 0 N–H and O–H groups in total. The second kappa shape index (κ2) is 12.6. The summed E-state index contributed by atoms with van der Waals surface area (Å²) in [7, 11) is 4.22. The van der Waals surface area contributed by atoms with Crippen molar-refractivity contribution in [1.82, 2.24) is 4.98 Å². The zero-order chi connectivity index (χ0) is 28.0. The van der Waals surface area contributed by atoms with E-state index in [0.29, 0.717) is 0 Å². The molecule has 0 bridgehead atoms. The van der Waals surface area contributed by atoms with E-state index in [1.807, 2.05) is 12.1 Å². The van der Waals surface area contributed by atoms with E-state index in [2.05, 4.69) is 151 Å². The molecule has 0 saturated carbocycles. The molecular formula is C35H29N4Se2+. The normalized spacial score (nSPS) is 15.4. The van der Waals surface area contributed by atoms with Gasteiger partial charge in [0.1, 0.15) is 0 Å². The summed E-state index contributed by atoms with van der Waals surface area (Å²) < 4.78 is 6.96. The van der Waals surface area contributed by atoms with Gasteiger partial charge in [0.05, 0.1) is 0 Å².